The van der Waals surface area contributed by atoms with Gasteiger partial charge in [0.2, 0.25) is 11.8 Å². The van der Waals surface area contributed by atoms with Gasteiger partial charge in [0.1, 0.15) is 18.6 Å². The second-order valence-corrected chi connectivity index (χ2v) is 6.44. The van der Waals surface area contributed by atoms with Crippen molar-refractivity contribution in [1.82, 2.24) is 15.5 Å². The zero-order valence-corrected chi connectivity index (χ0v) is 16.1. The fraction of sp³-hybridized carbons (Fsp3) is 0.667. The second kappa shape index (κ2) is 12.9. The first kappa shape index (κ1) is 24.7. The van der Waals surface area contributed by atoms with E-state index in [4.69, 9.17) is 15.9 Å². The average Bonchev–Trinajstić information content (AvgIpc) is 2.61. The van der Waals surface area contributed by atoms with Crippen molar-refractivity contribution >= 4 is 40.8 Å². The number of aliphatic carboxylic acids is 2. The molecule has 0 heterocycles. The third-order valence-electron chi connectivity index (χ3n) is 3.46. The third-order valence-corrected chi connectivity index (χ3v) is 4.47. The monoisotopic (exact) mass is 406 g/mol. The highest BCUT2D eigenvalue weighted by atomic mass is 32.2. The summed E-state index contributed by atoms with van der Waals surface area (Å²) in [7, 11) is 0. The van der Waals surface area contributed by atoms with Crippen molar-refractivity contribution in [2.45, 2.75) is 38.8 Å². The lowest BCUT2D eigenvalue weighted by Gasteiger charge is -2.21. The number of carboxylic acid groups (broad SMARTS) is 2. The number of nitrogens with two attached hydrogens (primary N) is 1. The quantitative estimate of drug-likeness (QED) is 0.273. The molecule has 0 aromatic carbocycles. The van der Waals surface area contributed by atoms with Gasteiger partial charge < -0.3 is 31.5 Å². The van der Waals surface area contributed by atoms with E-state index >= 15 is 0 Å². The van der Waals surface area contributed by atoms with E-state index in [9.17, 15) is 24.0 Å². The number of carboxylic acids is 2. The van der Waals surface area contributed by atoms with Gasteiger partial charge in [0.25, 0.3) is 5.24 Å². The number of thioether (sulfide) groups is 1. The molecule has 0 radical (unpaired) electrons. The van der Waals surface area contributed by atoms with E-state index in [1.165, 1.54) is 4.90 Å². The Morgan fingerprint density at radius 1 is 1.11 bits per heavy atom. The van der Waals surface area contributed by atoms with Crippen LogP contribution in [-0.2, 0) is 19.2 Å². The standard InChI is InChI=1S/C15H26N4O7S/c1-3-19(4-2)15(26)27-8-10(13(23)17-7-12(21)22)18-11(20)6-5-9(16)14(24)25/h9-10H,3-8,16H2,1-2H3,(H,17,23)(H,18,20)(H,21,22)(H,24,25)/t9-,10-/m0/s1. The fourth-order valence-corrected chi connectivity index (χ4v) is 2.86. The van der Waals surface area contributed by atoms with Crippen molar-refractivity contribution in [3.63, 3.8) is 0 Å². The van der Waals surface area contributed by atoms with Gasteiger partial charge in [-0.25, -0.2) is 0 Å². The van der Waals surface area contributed by atoms with Crippen molar-refractivity contribution in [3.8, 4) is 0 Å². The Balaban J connectivity index is 4.84. The smallest absolute Gasteiger partial charge is 0.322 e. The van der Waals surface area contributed by atoms with Gasteiger partial charge in [-0.15, -0.1) is 0 Å². The van der Waals surface area contributed by atoms with E-state index in [-0.39, 0.29) is 23.8 Å². The summed E-state index contributed by atoms with van der Waals surface area (Å²) in [6, 6.07) is -2.36. The van der Waals surface area contributed by atoms with E-state index in [1.54, 1.807) is 13.8 Å². The lowest BCUT2D eigenvalue weighted by atomic mass is 10.1. The molecular weight excluding hydrogens is 380 g/mol. The summed E-state index contributed by atoms with van der Waals surface area (Å²) in [6.45, 7) is 3.93. The first-order chi connectivity index (χ1) is 12.6. The summed E-state index contributed by atoms with van der Waals surface area (Å²) in [5, 5.41) is 21.6. The minimum absolute atomic E-state index is 0.0997. The lowest BCUT2D eigenvalue weighted by molar-refractivity contribution is -0.139. The molecule has 0 aliphatic carbocycles. The van der Waals surface area contributed by atoms with Crippen molar-refractivity contribution in [1.29, 1.82) is 0 Å². The summed E-state index contributed by atoms with van der Waals surface area (Å²) >= 11 is 0.821. The Kier molecular flexibility index (Phi) is 11.8. The van der Waals surface area contributed by atoms with Gasteiger partial charge in [0.15, 0.2) is 0 Å². The van der Waals surface area contributed by atoms with Crippen LogP contribution >= 0.6 is 11.8 Å². The van der Waals surface area contributed by atoms with Crippen LogP contribution in [0.15, 0.2) is 0 Å². The molecule has 0 aromatic rings. The van der Waals surface area contributed by atoms with Gasteiger partial charge in [0, 0.05) is 25.3 Å². The number of nitrogens with zero attached hydrogens (tertiary/aromatic N) is 1. The summed E-state index contributed by atoms with van der Waals surface area (Å²) in [6.07, 6.45) is -0.360. The van der Waals surface area contributed by atoms with Crippen LogP contribution in [0.2, 0.25) is 0 Å². The Morgan fingerprint density at radius 2 is 1.70 bits per heavy atom. The van der Waals surface area contributed by atoms with Gasteiger partial charge in [-0.1, -0.05) is 11.8 Å². The number of carbonyl (C=O) groups excluding carboxylic acids is 3. The zero-order valence-electron chi connectivity index (χ0n) is 15.3. The number of carbonyl (C=O) groups is 5. The maximum atomic E-state index is 12.1. The molecular formula is C15H26N4O7S. The Bertz CT molecular complexity index is 554. The molecule has 0 fully saturated rings. The number of rotatable bonds is 12. The predicted molar refractivity (Wildman–Crippen MR) is 98.2 cm³/mol. The highest BCUT2D eigenvalue weighted by molar-refractivity contribution is 8.13. The van der Waals surface area contributed by atoms with Crippen LogP contribution in [0.5, 0.6) is 0 Å². The highest BCUT2D eigenvalue weighted by Gasteiger charge is 2.24. The third kappa shape index (κ3) is 10.4. The molecule has 27 heavy (non-hydrogen) atoms. The zero-order chi connectivity index (χ0) is 21.0. The maximum Gasteiger partial charge on any atom is 0.322 e. The Morgan fingerprint density at radius 3 is 2.19 bits per heavy atom. The molecule has 0 aliphatic heterocycles. The minimum atomic E-state index is -1.26. The minimum Gasteiger partial charge on any atom is -0.480 e. The van der Waals surface area contributed by atoms with E-state index in [0.717, 1.165) is 11.8 Å². The van der Waals surface area contributed by atoms with Gasteiger partial charge in [0.05, 0.1) is 0 Å². The number of amides is 3. The van der Waals surface area contributed by atoms with E-state index < -0.39 is 42.4 Å². The van der Waals surface area contributed by atoms with Gasteiger partial charge in [-0.2, -0.15) is 0 Å². The van der Waals surface area contributed by atoms with Crippen LogP contribution in [0.4, 0.5) is 4.79 Å². The summed E-state index contributed by atoms with van der Waals surface area (Å²) in [4.78, 5) is 58.9. The molecule has 12 heteroatoms. The van der Waals surface area contributed by atoms with E-state index in [2.05, 4.69) is 10.6 Å². The van der Waals surface area contributed by atoms with Gasteiger partial charge in [-0.05, 0) is 20.3 Å². The number of nitrogens with one attached hydrogen (secondary N) is 2. The summed E-state index contributed by atoms with van der Waals surface area (Å²) in [5.74, 6) is -3.99. The normalized spacial score (nSPS) is 12.6. The molecule has 11 nitrogen and oxygen atoms in total. The van der Waals surface area contributed by atoms with Crippen LogP contribution in [0.3, 0.4) is 0 Å². The molecule has 0 aromatic heterocycles. The maximum absolute atomic E-state index is 12.1. The predicted octanol–water partition coefficient (Wildman–Crippen LogP) is -0.941. The lowest BCUT2D eigenvalue weighted by Crippen LogP contribution is -2.50. The van der Waals surface area contributed by atoms with Gasteiger partial charge in [-0.3, -0.25) is 24.0 Å². The number of hydrogen-bond donors (Lipinski definition) is 5. The molecule has 6 N–H and O–H groups in total. The largest absolute Gasteiger partial charge is 0.480 e. The van der Waals surface area contributed by atoms with Crippen molar-refractivity contribution in [2.75, 3.05) is 25.4 Å². The fourth-order valence-electron chi connectivity index (χ4n) is 1.87. The second-order valence-electron chi connectivity index (χ2n) is 5.46. The molecule has 0 spiro atoms. The highest BCUT2D eigenvalue weighted by Crippen LogP contribution is 2.11. The van der Waals surface area contributed by atoms with Crippen LogP contribution in [-0.4, -0.2) is 81.6 Å². The van der Waals surface area contributed by atoms with Crippen LogP contribution in [0.1, 0.15) is 26.7 Å². The van der Waals surface area contributed by atoms with Crippen LogP contribution < -0.4 is 16.4 Å². The first-order valence-electron chi connectivity index (χ1n) is 8.31. The SMILES string of the molecule is CCN(CC)C(=O)SC[C@H](NC(=O)CC[C@H](N)C(=O)O)C(=O)NCC(=O)O. The molecule has 0 saturated carbocycles. The molecule has 0 saturated heterocycles. The summed E-state index contributed by atoms with van der Waals surface area (Å²) < 4.78 is 0. The topological polar surface area (TPSA) is 179 Å². The van der Waals surface area contributed by atoms with Crippen LogP contribution in [0.25, 0.3) is 0 Å². The molecule has 154 valence electrons. The van der Waals surface area contributed by atoms with Crippen molar-refractivity contribution in [2.24, 2.45) is 5.73 Å². The Labute approximate surface area is 161 Å². The molecule has 0 bridgehead atoms. The van der Waals surface area contributed by atoms with Gasteiger partial charge >= 0.3 is 11.9 Å². The van der Waals surface area contributed by atoms with Crippen LogP contribution in [0, 0.1) is 0 Å². The molecule has 0 unspecified atom stereocenters. The number of hydrogen-bond acceptors (Lipinski definition) is 7. The summed E-state index contributed by atoms with van der Waals surface area (Å²) in [5.41, 5.74) is 5.32. The first-order valence-corrected chi connectivity index (χ1v) is 9.29. The molecule has 0 rings (SSSR count). The van der Waals surface area contributed by atoms with E-state index in [0.29, 0.717) is 13.1 Å². The average molecular weight is 406 g/mol. The molecule has 3 amide bonds. The van der Waals surface area contributed by atoms with Crippen molar-refractivity contribution in [3.05, 3.63) is 0 Å². The molecule has 0 aliphatic rings. The van der Waals surface area contributed by atoms with E-state index in [1.807, 2.05) is 0 Å². The van der Waals surface area contributed by atoms with Crippen molar-refractivity contribution < 1.29 is 34.2 Å². The Hall–Kier alpha value is -2.34. The molecule has 2 atom stereocenters.